The summed E-state index contributed by atoms with van der Waals surface area (Å²) in [5, 5.41) is 14.2. The number of carbonyl (C=O) groups excluding carboxylic acids is 1. The van der Waals surface area contributed by atoms with Crippen LogP contribution in [0.5, 0.6) is 0 Å². The van der Waals surface area contributed by atoms with Crippen LogP contribution in [-0.2, 0) is 0 Å². The number of benzene rings is 2. The number of hydrogen-bond acceptors (Lipinski definition) is 4. The van der Waals surface area contributed by atoms with Crippen molar-refractivity contribution in [2.24, 2.45) is 0 Å². The second kappa shape index (κ2) is 5.85. The monoisotopic (exact) mass is 374 g/mol. The standard InChI is InChI=1S/C16H11BrN2O4/c1-9-6-12(19(21)22)3-4-13(9)18-16(20)15-8-10-7-11(17)2-5-14(10)23-15/h2-8H,1H3,(H,18,20). The first-order valence-electron chi connectivity index (χ1n) is 6.69. The SMILES string of the molecule is Cc1cc([N+](=O)[O-])ccc1NC(=O)c1cc2cc(Br)ccc2o1. The van der Waals surface area contributed by atoms with Crippen molar-refractivity contribution in [3.8, 4) is 0 Å². The first-order valence-corrected chi connectivity index (χ1v) is 7.49. The number of non-ortho nitro benzene ring substituents is 1. The van der Waals surface area contributed by atoms with E-state index in [0.29, 0.717) is 16.8 Å². The Morgan fingerprint density at radius 3 is 2.70 bits per heavy atom. The van der Waals surface area contributed by atoms with Gasteiger partial charge in [0.1, 0.15) is 5.58 Å². The van der Waals surface area contributed by atoms with Gasteiger partial charge in [0.25, 0.3) is 11.6 Å². The van der Waals surface area contributed by atoms with Crippen LogP contribution in [-0.4, -0.2) is 10.8 Å². The lowest BCUT2D eigenvalue weighted by Gasteiger charge is -2.06. The molecule has 1 amide bonds. The Kier molecular flexibility index (Phi) is 3.87. The second-order valence-corrected chi connectivity index (χ2v) is 5.92. The van der Waals surface area contributed by atoms with E-state index in [1.54, 1.807) is 19.1 Å². The quantitative estimate of drug-likeness (QED) is 0.533. The average molecular weight is 375 g/mol. The van der Waals surface area contributed by atoms with E-state index in [2.05, 4.69) is 21.2 Å². The summed E-state index contributed by atoms with van der Waals surface area (Å²) in [6, 6.07) is 11.4. The molecule has 116 valence electrons. The summed E-state index contributed by atoms with van der Waals surface area (Å²) < 4.78 is 6.41. The molecule has 0 bridgehead atoms. The molecule has 23 heavy (non-hydrogen) atoms. The zero-order valence-electron chi connectivity index (χ0n) is 12.0. The molecule has 0 aliphatic carbocycles. The van der Waals surface area contributed by atoms with Gasteiger partial charge in [0.2, 0.25) is 0 Å². The summed E-state index contributed by atoms with van der Waals surface area (Å²) in [4.78, 5) is 22.5. The molecule has 0 radical (unpaired) electrons. The number of nitrogens with one attached hydrogen (secondary N) is 1. The minimum Gasteiger partial charge on any atom is -0.451 e. The van der Waals surface area contributed by atoms with Crippen molar-refractivity contribution in [1.82, 2.24) is 0 Å². The number of nitrogens with zero attached hydrogens (tertiary/aromatic N) is 1. The Morgan fingerprint density at radius 1 is 1.22 bits per heavy atom. The molecule has 0 fully saturated rings. The summed E-state index contributed by atoms with van der Waals surface area (Å²) >= 11 is 3.36. The van der Waals surface area contributed by atoms with E-state index in [-0.39, 0.29) is 11.4 Å². The number of fused-ring (bicyclic) bond motifs is 1. The van der Waals surface area contributed by atoms with E-state index in [0.717, 1.165) is 9.86 Å². The highest BCUT2D eigenvalue weighted by atomic mass is 79.9. The summed E-state index contributed by atoms with van der Waals surface area (Å²) in [6.45, 7) is 1.69. The Bertz CT molecular complexity index is 933. The molecule has 2 aromatic carbocycles. The van der Waals surface area contributed by atoms with Crippen molar-refractivity contribution in [3.63, 3.8) is 0 Å². The number of halogens is 1. The van der Waals surface area contributed by atoms with Crippen molar-refractivity contribution < 1.29 is 14.1 Å². The molecule has 0 unspecified atom stereocenters. The Balaban J connectivity index is 1.87. The number of rotatable bonds is 3. The fourth-order valence-corrected chi connectivity index (χ4v) is 2.59. The molecule has 1 N–H and O–H groups in total. The largest absolute Gasteiger partial charge is 0.451 e. The van der Waals surface area contributed by atoms with Gasteiger partial charge in [0, 0.05) is 27.7 Å². The normalized spacial score (nSPS) is 10.7. The number of carbonyl (C=O) groups is 1. The Labute approximate surface area is 139 Å². The highest BCUT2D eigenvalue weighted by molar-refractivity contribution is 9.10. The van der Waals surface area contributed by atoms with Gasteiger partial charge < -0.3 is 9.73 Å². The van der Waals surface area contributed by atoms with E-state index in [1.807, 2.05) is 12.1 Å². The molecule has 0 saturated heterocycles. The average Bonchev–Trinajstić information content (AvgIpc) is 2.92. The van der Waals surface area contributed by atoms with Gasteiger partial charge in [0.15, 0.2) is 5.76 Å². The van der Waals surface area contributed by atoms with Gasteiger partial charge in [-0.3, -0.25) is 14.9 Å². The van der Waals surface area contributed by atoms with Crippen LogP contribution in [0.15, 0.2) is 51.4 Å². The van der Waals surface area contributed by atoms with E-state index in [4.69, 9.17) is 4.42 Å². The predicted octanol–water partition coefficient (Wildman–Crippen LogP) is 4.66. The van der Waals surface area contributed by atoms with Crippen molar-refractivity contribution in [3.05, 3.63) is 68.4 Å². The van der Waals surface area contributed by atoms with Crippen LogP contribution in [0.2, 0.25) is 0 Å². The number of anilines is 1. The lowest BCUT2D eigenvalue weighted by atomic mass is 10.1. The van der Waals surface area contributed by atoms with Gasteiger partial charge in [-0.15, -0.1) is 0 Å². The molecule has 0 aliphatic rings. The number of amides is 1. The van der Waals surface area contributed by atoms with Crippen LogP contribution in [0, 0.1) is 17.0 Å². The third-order valence-corrected chi connectivity index (χ3v) is 3.86. The maximum Gasteiger partial charge on any atom is 0.291 e. The fraction of sp³-hybridized carbons (Fsp3) is 0.0625. The van der Waals surface area contributed by atoms with E-state index < -0.39 is 10.8 Å². The summed E-state index contributed by atoms with van der Waals surface area (Å²) in [5.74, 6) is -0.231. The number of nitro groups is 1. The third kappa shape index (κ3) is 3.09. The van der Waals surface area contributed by atoms with E-state index in [1.165, 1.54) is 18.2 Å². The predicted molar refractivity (Wildman–Crippen MR) is 89.7 cm³/mol. The molecule has 0 spiro atoms. The van der Waals surface area contributed by atoms with Crippen molar-refractivity contribution in [2.75, 3.05) is 5.32 Å². The van der Waals surface area contributed by atoms with Gasteiger partial charge >= 0.3 is 0 Å². The molecule has 0 aliphatic heterocycles. The number of hydrogen-bond donors (Lipinski definition) is 1. The van der Waals surface area contributed by atoms with Gasteiger partial charge in [-0.1, -0.05) is 15.9 Å². The van der Waals surface area contributed by atoms with Gasteiger partial charge in [-0.2, -0.15) is 0 Å². The van der Waals surface area contributed by atoms with Crippen LogP contribution in [0.25, 0.3) is 11.0 Å². The third-order valence-electron chi connectivity index (χ3n) is 3.37. The fourth-order valence-electron chi connectivity index (χ4n) is 2.21. The van der Waals surface area contributed by atoms with Crippen LogP contribution in [0.4, 0.5) is 11.4 Å². The lowest BCUT2D eigenvalue weighted by molar-refractivity contribution is -0.384. The highest BCUT2D eigenvalue weighted by Crippen LogP contribution is 2.25. The minimum atomic E-state index is -0.476. The zero-order valence-corrected chi connectivity index (χ0v) is 13.6. The second-order valence-electron chi connectivity index (χ2n) is 5.00. The van der Waals surface area contributed by atoms with Gasteiger partial charge in [-0.25, -0.2) is 0 Å². The van der Waals surface area contributed by atoms with Crippen molar-refractivity contribution >= 4 is 44.2 Å². The van der Waals surface area contributed by atoms with Crippen LogP contribution in [0.1, 0.15) is 16.1 Å². The number of nitro benzene ring substituents is 1. The molecule has 3 rings (SSSR count). The van der Waals surface area contributed by atoms with E-state index >= 15 is 0 Å². The first-order chi connectivity index (χ1) is 10.9. The molecule has 7 heteroatoms. The maximum atomic E-state index is 12.3. The molecule has 0 atom stereocenters. The molecular weight excluding hydrogens is 364 g/mol. The topological polar surface area (TPSA) is 85.4 Å². The molecule has 1 heterocycles. The Morgan fingerprint density at radius 2 is 2.00 bits per heavy atom. The van der Waals surface area contributed by atoms with Crippen molar-refractivity contribution in [1.29, 1.82) is 0 Å². The first kappa shape index (κ1) is 15.2. The van der Waals surface area contributed by atoms with Gasteiger partial charge in [-0.05, 0) is 42.8 Å². The lowest BCUT2D eigenvalue weighted by Crippen LogP contribution is -2.11. The van der Waals surface area contributed by atoms with E-state index in [9.17, 15) is 14.9 Å². The Hall–Kier alpha value is -2.67. The van der Waals surface area contributed by atoms with Crippen LogP contribution >= 0.6 is 15.9 Å². The molecular formula is C16H11BrN2O4. The van der Waals surface area contributed by atoms with Crippen molar-refractivity contribution in [2.45, 2.75) is 6.92 Å². The van der Waals surface area contributed by atoms with Crippen LogP contribution < -0.4 is 5.32 Å². The summed E-state index contributed by atoms with van der Waals surface area (Å²) in [6.07, 6.45) is 0. The number of furan rings is 1. The summed E-state index contributed by atoms with van der Waals surface area (Å²) in [7, 11) is 0. The zero-order chi connectivity index (χ0) is 16.6. The molecule has 1 aromatic heterocycles. The smallest absolute Gasteiger partial charge is 0.291 e. The molecule has 6 nitrogen and oxygen atoms in total. The number of aryl methyl sites for hydroxylation is 1. The summed E-state index contributed by atoms with van der Waals surface area (Å²) in [5.41, 5.74) is 1.70. The molecule has 0 saturated carbocycles. The minimum absolute atomic E-state index is 0.0194. The molecule has 3 aromatic rings. The van der Waals surface area contributed by atoms with Crippen LogP contribution in [0.3, 0.4) is 0 Å². The highest BCUT2D eigenvalue weighted by Gasteiger charge is 2.15. The maximum absolute atomic E-state index is 12.3. The van der Waals surface area contributed by atoms with Gasteiger partial charge in [0.05, 0.1) is 4.92 Å².